The summed E-state index contributed by atoms with van der Waals surface area (Å²) < 4.78 is 13.2. The molecule has 21 heavy (non-hydrogen) atoms. The van der Waals surface area contributed by atoms with E-state index in [1.807, 2.05) is 13.1 Å². The average Bonchev–Trinajstić information content (AvgIpc) is 2.93. The predicted molar refractivity (Wildman–Crippen MR) is 79.9 cm³/mol. The van der Waals surface area contributed by atoms with Gasteiger partial charge in [0, 0.05) is 18.3 Å². The Balaban J connectivity index is 2.20. The van der Waals surface area contributed by atoms with Crippen molar-refractivity contribution in [3.05, 3.63) is 40.1 Å². The molecule has 0 bridgehead atoms. The van der Waals surface area contributed by atoms with Crippen LogP contribution in [0.4, 0.5) is 0 Å². The number of carboxylic acid groups (broad SMARTS) is 1. The SMILES string of the molecule is CCn1cc(COc2c(Br)cc(C(=O)O)cc2OC)cn1. The van der Waals surface area contributed by atoms with Gasteiger partial charge in [-0.15, -0.1) is 0 Å². The van der Waals surface area contributed by atoms with Gasteiger partial charge in [0.2, 0.25) is 0 Å². The lowest BCUT2D eigenvalue weighted by Gasteiger charge is -2.12. The van der Waals surface area contributed by atoms with Crippen LogP contribution in [0, 0.1) is 0 Å². The molecule has 1 aromatic carbocycles. The highest BCUT2D eigenvalue weighted by Gasteiger charge is 2.15. The molecule has 0 spiro atoms. The maximum atomic E-state index is 11.0. The van der Waals surface area contributed by atoms with Crippen molar-refractivity contribution in [1.82, 2.24) is 9.78 Å². The number of aromatic nitrogens is 2. The van der Waals surface area contributed by atoms with Crippen molar-refractivity contribution in [2.45, 2.75) is 20.1 Å². The van der Waals surface area contributed by atoms with Crippen LogP contribution in [0.2, 0.25) is 0 Å². The Labute approximate surface area is 130 Å². The second kappa shape index (κ2) is 6.62. The first-order chi connectivity index (χ1) is 10.0. The standard InChI is InChI=1S/C14H15BrN2O4/c1-3-17-7-9(6-16-17)8-21-13-11(15)4-10(14(18)19)5-12(13)20-2/h4-7H,3,8H2,1-2H3,(H,18,19). The van der Waals surface area contributed by atoms with Crippen molar-refractivity contribution < 1.29 is 19.4 Å². The van der Waals surface area contributed by atoms with Gasteiger partial charge < -0.3 is 14.6 Å². The molecule has 0 aliphatic carbocycles. The van der Waals surface area contributed by atoms with Gasteiger partial charge in [-0.25, -0.2) is 4.79 Å². The number of hydrogen-bond donors (Lipinski definition) is 1. The van der Waals surface area contributed by atoms with E-state index in [-0.39, 0.29) is 5.56 Å². The van der Waals surface area contributed by atoms with Crippen LogP contribution in [0.15, 0.2) is 29.0 Å². The summed E-state index contributed by atoms with van der Waals surface area (Å²) in [5.41, 5.74) is 1.05. The van der Waals surface area contributed by atoms with Crippen LogP contribution < -0.4 is 9.47 Å². The van der Waals surface area contributed by atoms with Crippen molar-refractivity contribution in [3.63, 3.8) is 0 Å². The molecule has 6 nitrogen and oxygen atoms in total. The number of carboxylic acids is 1. The Morgan fingerprint density at radius 3 is 2.81 bits per heavy atom. The molecular weight excluding hydrogens is 340 g/mol. The third kappa shape index (κ3) is 3.55. The van der Waals surface area contributed by atoms with Crippen LogP contribution in [-0.2, 0) is 13.2 Å². The van der Waals surface area contributed by atoms with E-state index in [0.717, 1.165) is 12.1 Å². The molecule has 112 valence electrons. The highest BCUT2D eigenvalue weighted by Crippen LogP contribution is 2.37. The fourth-order valence-electron chi connectivity index (χ4n) is 1.79. The zero-order valence-electron chi connectivity index (χ0n) is 11.7. The minimum absolute atomic E-state index is 0.130. The number of halogens is 1. The topological polar surface area (TPSA) is 73.6 Å². The van der Waals surface area contributed by atoms with Crippen LogP contribution >= 0.6 is 15.9 Å². The van der Waals surface area contributed by atoms with Gasteiger partial charge in [-0.3, -0.25) is 4.68 Å². The molecule has 1 N–H and O–H groups in total. The number of ether oxygens (including phenoxy) is 2. The lowest BCUT2D eigenvalue weighted by atomic mass is 10.2. The fourth-order valence-corrected chi connectivity index (χ4v) is 2.35. The molecule has 0 unspecified atom stereocenters. The largest absolute Gasteiger partial charge is 0.493 e. The van der Waals surface area contributed by atoms with E-state index in [2.05, 4.69) is 21.0 Å². The molecule has 0 aliphatic rings. The number of aromatic carboxylic acids is 1. The molecule has 2 rings (SSSR count). The normalized spacial score (nSPS) is 10.4. The van der Waals surface area contributed by atoms with Crippen LogP contribution in [0.3, 0.4) is 0 Å². The Morgan fingerprint density at radius 1 is 1.48 bits per heavy atom. The van der Waals surface area contributed by atoms with Gasteiger partial charge >= 0.3 is 5.97 Å². The van der Waals surface area contributed by atoms with Crippen molar-refractivity contribution in [2.75, 3.05) is 7.11 Å². The number of nitrogens with zero attached hydrogens (tertiary/aromatic N) is 2. The highest BCUT2D eigenvalue weighted by atomic mass is 79.9. The van der Waals surface area contributed by atoms with Gasteiger partial charge in [-0.2, -0.15) is 5.10 Å². The lowest BCUT2D eigenvalue weighted by Crippen LogP contribution is -2.02. The molecular formula is C14H15BrN2O4. The quantitative estimate of drug-likeness (QED) is 0.863. The fraction of sp³-hybridized carbons (Fsp3) is 0.286. The summed E-state index contributed by atoms with van der Waals surface area (Å²) in [5, 5.41) is 13.2. The van der Waals surface area contributed by atoms with E-state index in [1.54, 1.807) is 10.9 Å². The van der Waals surface area contributed by atoms with Crippen molar-refractivity contribution in [2.24, 2.45) is 0 Å². The number of aryl methyl sites for hydroxylation is 1. The minimum Gasteiger partial charge on any atom is -0.493 e. The molecule has 7 heteroatoms. The number of methoxy groups -OCH3 is 1. The summed E-state index contributed by atoms with van der Waals surface area (Å²) in [6.07, 6.45) is 3.63. The molecule has 0 aliphatic heterocycles. The van der Waals surface area contributed by atoms with Crippen molar-refractivity contribution >= 4 is 21.9 Å². The maximum absolute atomic E-state index is 11.0. The smallest absolute Gasteiger partial charge is 0.335 e. The van der Waals surface area contributed by atoms with Gasteiger partial charge in [-0.1, -0.05) is 0 Å². The summed E-state index contributed by atoms with van der Waals surface area (Å²) in [4.78, 5) is 11.0. The van der Waals surface area contributed by atoms with Gasteiger partial charge in [0.05, 0.1) is 23.3 Å². The van der Waals surface area contributed by atoms with Gasteiger partial charge in [0.1, 0.15) is 6.61 Å². The first kappa shape index (κ1) is 15.4. The predicted octanol–water partition coefficient (Wildman–Crippen LogP) is 2.95. The Bertz CT molecular complexity index is 654. The van der Waals surface area contributed by atoms with Gasteiger partial charge in [0.15, 0.2) is 11.5 Å². The summed E-state index contributed by atoms with van der Waals surface area (Å²) in [6, 6.07) is 2.91. The van der Waals surface area contributed by atoms with E-state index in [4.69, 9.17) is 14.6 Å². The number of hydrogen-bond acceptors (Lipinski definition) is 4. The molecule has 2 aromatic rings. The molecule has 0 saturated carbocycles. The molecule has 0 atom stereocenters. The van der Waals surface area contributed by atoms with Crippen LogP contribution in [0.25, 0.3) is 0 Å². The Morgan fingerprint density at radius 2 is 2.24 bits per heavy atom. The van der Waals surface area contributed by atoms with Crippen molar-refractivity contribution in [1.29, 1.82) is 0 Å². The van der Waals surface area contributed by atoms with Gasteiger partial charge in [0.25, 0.3) is 0 Å². The first-order valence-corrected chi connectivity index (χ1v) is 7.09. The van der Waals surface area contributed by atoms with E-state index in [0.29, 0.717) is 22.6 Å². The zero-order valence-corrected chi connectivity index (χ0v) is 13.3. The number of carbonyl (C=O) groups is 1. The Kier molecular flexibility index (Phi) is 4.85. The summed E-state index contributed by atoms with van der Waals surface area (Å²) in [7, 11) is 1.47. The van der Waals surface area contributed by atoms with E-state index < -0.39 is 5.97 Å². The van der Waals surface area contributed by atoms with Crippen molar-refractivity contribution in [3.8, 4) is 11.5 Å². The maximum Gasteiger partial charge on any atom is 0.335 e. The monoisotopic (exact) mass is 354 g/mol. The lowest BCUT2D eigenvalue weighted by molar-refractivity contribution is 0.0696. The summed E-state index contributed by atoms with van der Waals surface area (Å²) >= 11 is 3.31. The minimum atomic E-state index is -1.02. The van der Waals surface area contributed by atoms with Crippen LogP contribution in [0.1, 0.15) is 22.8 Å². The molecule has 0 amide bonds. The average molecular weight is 355 g/mol. The summed E-state index contributed by atoms with van der Waals surface area (Å²) in [6.45, 7) is 3.11. The molecule has 1 heterocycles. The summed E-state index contributed by atoms with van der Waals surface area (Å²) in [5.74, 6) is -0.193. The molecule has 0 fully saturated rings. The second-order valence-electron chi connectivity index (χ2n) is 4.29. The third-order valence-corrected chi connectivity index (χ3v) is 3.46. The Hall–Kier alpha value is -2.02. The van der Waals surface area contributed by atoms with Gasteiger partial charge in [-0.05, 0) is 35.0 Å². The molecule has 0 radical (unpaired) electrons. The molecule has 0 saturated heterocycles. The number of benzene rings is 1. The van der Waals surface area contributed by atoms with Crippen LogP contribution in [0.5, 0.6) is 11.5 Å². The van der Waals surface area contributed by atoms with E-state index in [1.165, 1.54) is 19.2 Å². The number of rotatable bonds is 6. The zero-order chi connectivity index (χ0) is 15.4. The molecule has 1 aromatic heterocycles. The first-order valence-electron chi connectivity index (χ1n) is 6.30. The van der Waals surface area contributed by atoms with E-state index in [9.17, 15) is 4.79 Å². The van der Waals surface area contributed by atoms with Crippen LogP contribution in [-0.4, -0.2) is 28.0 Å². The third-order valence-electron chi connectivity index (χ3n) is 2.87. The second-order valence-corrected chi connectivity index (χ2v) is 5.14. The van der Waals surface area contributed by atoms with E-state index >= 15 is 0 Å². The highest BCUT2D eigenvalue weighted by molar-refractivity contribution is 9.10.